The van der Waals surface area contributed by atoms with Gasteiger partial charge in [0.25, 0.3) is 5.56 Å². The average Bonchev–Trinajstić information content (AvgIpc) is 3.17. The highest BCUT2D eigenvalue weighted by Crippen LogP contribution is 2.32. The first kappa shape index (κ1) is 29.2. The van der Waals surface area contributed by atoms with Crippen molar-refractivity contribution in [2.75, 3.05) is 19.8 Å². The van der Waals surface area contributed by atoms with Crippen LogP contribution in [0.1, 0.15) is 37.9 Å². The van der Waals surface area contributed by atoms with E-state index in [1.165, 1.54) is 28.8 Å². The number of nitrogens with zero attached hydrogens (tertiary/aromatic N) is 2. The highest BCUT2D eigenvalue weighted by molar-refractivity contribution is 14.1. The molecule has 0 saturated carbocycles. The Labute approximate surface area is 249 Å². The molecule has 0 unspecified atom stereocenters. The Kier molecular flexibility index (Phi) is 9.39. The normalized spacial score (nSPS) is 15.0. The van der Waals surface area contributed by atoms with Gasteiger partial charge in [0.2, 0.25) is 0 Å². The largest absolute Gasteiger partial charge is 0.480 e. The van der Waals surface area contributed by atoms with Crippen LogP contribution < -0.4 is 19.6 Å². The lowest BCUT2D eigenvalue weighted by Gasteiger charge is -2.24. The highest BCUT2D eigenvalue weighted by Gasteiger charge is 2.33. The zero-order valence-electron chi connectivity index (χ0n) is 21.1. The fourth-order valence-corrected chi connectivity index (χ4v) is 6.81. The van der Waals surface area contributed by atoms with Crippen molar-refractivity contribution in [3.05, 3.63) is 92.3 Å². The summed E-state index contributed by atoms with van der Waals surface area (Å²) in [6, 6.07) is 8.36. The molecule has 2 heterocycles. The summed E-state index contributed by atoms with van der Waals surface area (Å²) in [6.45, 7) is 5.16. The van der Waals surface area contributed by atoms with E-state index in [-0.39, 0.29) is 25.4 Å². The zero-order valence-corrected chi connectivity index (χ0v) is 25.7. The van der Waals surface area contributed by atoms with Crippen molar-refractivity contribution >= 4 is 67.9 Å². The standard InChI is InChI=1S/C27H23BrFIN2O6S/c1-4-36-21(33)13-38-24-16(10-17(28)12-19(24)30)11-20-25(34)32-23(15-6-8-18(29)9-7-15)22(26(35)37-5-2)14(3)31-27(32)39-20/h6-12,23H,4-5,13H2,1-3H3/b20-11-/t23-/m0/s1. The Morgan fingerprint density at radius 1 is 1.18 bits per heavy atom. The van der Waals surface area contributed by atoms with Crippen molar-refractivity contribution in [2.45, 2.75) is 26.8 Å². The lowest BCUT2D eigenvalue weighted by Crippen LogP contribution is -2.39. The fourth-order valence-electron chi connectivity index (χ4n) is 4.07. The number of ether oxygens (including phenoxy) is 3. The molecule has 1 aliphatic rings. The quantitative estimate of drug-likeness (QED) is 0.255. The van der Waals surface area contributed by atoms with E-state index in [2.05, 4.69) is 43.5 Å². The van der Waals surface area contributed by atoms with Crippen LogP contribution in [0.3, 0.4) is 0 Å². The number of aromatic nitrogens is 1. The number of halogens is 3. The van der Waals surface area contributed by atoms with Gasteiger partial charge in [-0.3, -0.25) is 9.36 Å². The molecule has 1 aliphatic heterocycles. The van der Waals surface area contributed by atoms with E-state index in [0.29, 0.717) is 31.9 Å². The minimum absolute atomic E-state index is 0.145. The van der Waals surface area contributed by atoms with E-state index >= 15 is 0 Å². The number of rotatable bonds is 8. The van der Waals surface area contributed by atoms with Gasteiger partial charge in [-0.05, 0) is 79.3 Å². The molecular formula is C27H23BrFIN2O6S. The fraction of sp³-hybridized carbons (Fsp3) is 0.259. The average molecular weight is 729 g/mol. The van der Waals surface area contributed by atoms with Gasteiger partial charge in [-0.1, -0.05) is 39.4 Å². The van der Waals surface area contributed by atoms with Gasteiger partial charge < -0.3 is 14.2 Å². The maximum absolute atomic E-state index is 13.8. The molecule has 0 fully saturated rings. The topological polar surface area (TPSA) is 96.2 Å². The van der Waals surface area contributed by atoms with Crippen LogP contribution in [-0.2, 0) is 19.1 Å². The van der Waals surface area contributed by atoms with E-state index in [4.69, 9.17) is 14.2 Å². The predicted octanol–water partition coefficient (Wildman–Crippen LogP) is 4.25. The smallest absolute Gasteiger partial charge is 0.344 e. The number of fused-ring (bicyclic) bond motifs is 1. The monoisotopic (exact) mass is 728 g/mol. The summed E-state index contributed by atoms with van der Waals surface area (Å²) in [5.74, 6) is -1.14. The third-order valence-corrected chi connectivity index (χ3v) is 7.91. The Bertz CT molecular complexity index is 1650. The number of thiazole rings is 1. The molecule has 0 amide bonds. The molecule has 8 nitrogen and oxygen atoms in total. The zero-order chi connectivity index (χ0) is 28.3. The molecule has 2 aromatic carbocycles. The second kappa shape index (κ2) is 12.6. The van der Waals surface area contributed by atoms with Crippen LogP contribution in [0.4, 0.5) is 4.39 Å². The van der Waals surface area contributed by atoms with E-state index in [0.717, 1.165) is 19.4 Å². The van der Waals surface area contributed by atoms with Gasteiger partial charge in [0, 0.05) is 10.0 Å². The SMILES string of the molecule is CCOC(=O)COc1c(I)cc(Br)cc1/C=c1\sc2n(c1=O)[C@@H](c1ccc(F)cc1)C(C(=O)OCC)=C(C)N=2. The van der Waals surface area contributed by atoms with Gasteiger partial charge in [-0.2, -0.15) is 0 Å². The minimum atomic E-state index is -0.856. The van der Waals surface area contributed by atoms with Crippen LogP contribution >= 0.6 is 49.9 Å². The summed E-state index contributed by atoms with van der Waals surface area (Å²) in [7, 11) is 0. The van der Waals surface area contributed by atoms with Gasteiger partial charge in [-0.25, -0.2) is 19.0 Å². The second-order valence-electron chi connectivity index (χ2n) is 8.25. The van der Waals surface area contributed by atoms with Crippen molar-refractivity contribution < 1.29 is 28.2 Å². The molecule has 0 spiro atoms. The Balaban J connectivity index is 1.89. The maximum atomic E-state index is 13.8. The summed E-state index contributed by atoms with van der Waals surface area (Å²) < 4.78 is 33.0. The summed E-state index contributed by atoms with van der Waals surface area (Å²) in [4.78, 5) is 43.6. The number of hydrogen-bond acceptors (Lipinski definition) is 8. The minimum Gasteiger partial charge on any atom is -0.480 e. The molecule has 0 saturated heterocycles. The van der Waals surface area contributed by atoms with E-state index in [1.54, 1.807) is 32.9 Å². The maximum Gasteiger partial charge on any atom is 0.344 e. The van der Waals surface area contributed by atoms with Gasteiger partial charge in [0.1, 0.15) is 11.6 Å². The van der Waals surface area contributed by atoms with Crippen LogP contribution in [0.25, 0.3) is 6.08 Å². The lowest BCUT2D eigenvalue weighted by atomic mass is 9.96. The van der Waals surface area contributed by atoms with Crippen LogP contribution in [0.2, 0.25) is 0 Å². The molecule has 39 heavy (non-hydrogen) atoms. The molecule has 1 aromatic heterocycles. The third-order valence-electron chi connectivity index (χ3n) is 5.67. The van der Waals surface area contributed by atoms with Crippen molar-refractivity contribution in [1.82, 2.24) is 4.57 Å². The molecule has 4 rings (SSSR count). The van der Waals surface area contributed by atoms with Gasteiger partial charge in [0.05, 0.1) is 38.6 Å². The Morgan fingerprint density at radius 2 is 1.87 bits per heavy atom. The number of carbonyl (C=O) groups excluding carboxylic acids is 2. The van der Waals surface area contributed by atoms with Gasteiger partial charge in [0.15, 0.2) is 11.4 Å². The number of carbonyl (C=O) groups is 2. The predicted molar refractivity (Wildman–Crippen MR) is 156 cm³/mol. The van der Waals surface area contributed by atoms with Crippen LogP contribution in [0.15, 0.2) is 61.9 Å². The number of hydrogen-bond donors (Lipinski definition) is 0. The molecule has 0 aliphatic carbocycles. The van der Waals surface area contributed by atoms with Gasteiger partial charge >= 0.3 is 11.9 Å². The van der Waals surface area contributed by atoms with Crippen molar-refractivity contribution in [2.24, 2.45) is 4.99 Å². The number of benzene rings is 2. The third kappa shape index (κ3) is 6.33. The van der Waals surface area contributed by atoms with E-state index in [9.17, 15) is 18.8 Å². The molecule has 0 radical (unpaired) electrons. The van der Waals surface area contributed by atoms with E-state index in [1.807, 2.05) is 6.07 Å². The summed E-state index contributed by atoms with van der Waals surface area (Å²) in [5, 5.41) is 0. The summed E-state index contributed by atoms with van der Waals surface area (Å²) >= 11 is 6.71. The Morgan fingerprint density at radius 3 is 2.54 bits per heavy atom. The number of esters is 2. The molecular weight excluding hydrogens is 706 g/mol. The summed E-state index contributed by atoms with van der Waals surface area (Å²) in [5.41, 5.74) is 1.32. The molecule has 0 bridgehead atoms. The first-order valence-corrected chi connectivity index (χ1v) is 14.6. The molecule has 3 aromatic rings. The number of allylic oxidation sites excluding steroid dienone is 1. The first-order chi connectivity index (χ1) is 18.6. The highest BCUT2D eigenvalue weighted by atomic mass is 127. The van der Waals surface area contributed by atoms with Crippen LogP contribution in [-0.4, -0.2) is 36.3 Å². The van der Waals surface area contributed by atoms with Gasteiger partial charge in [-0.15, -0.1) is 0 Å². The molecule has 12 heteroatoms. The van der Waals surface area contributed by atoms with Crippen LogP contribution in [0, 0.1) is 9.39 Å². The molecule has 0 N–H and O–H groups in total. The molecule has 1 atom stereocenters. The lowest BCUT2D eigenvalue weighted by molar-refractivity contribution is -0.145. The van der Waals surface area contributed by atoms with Crippen molar-refractivity contribution in [3.8, 4) is 5.75 Å². The van der Waals surface area contributed by atoms with Crippen LogP contribution in [0.5, 0.6) is 5.75 Å². The second-order valence-corrected chi connectivity index (χ2v) is 11.3. The van der Waals surface area contributed by atoms with E-state index < -0.39 is 29.4 Å². The van der Waals surface area contributed by atoms with Crippen molar-refractivity contribution in [1.29, 1.82) is 0 Å². The van der Waals surface area contributed by atoms with Crippen molar-refractivity contribution in [3.63, 3.8) is 0 Å². The Hall–Kier alpha value is -2.84. The molecule has 204 valence electrons. The first-order valence-electron chi connectivity index (χ1n) is 11.9. The summed E-state index contributed by atoms with van der Waals surface area (Å²) in [6.07, 6.45) is 1.66.